The van der Waals surface area contributed by atoms with E-state index >= 15 is 0 Å². The largest absolute Gasteiger partial charge is 0.0622 e. The first-order valence-electron chi connectivity index (χ1n) is 10.6. The maximum absolute atomic E-state index is 2.36. The predicted molar refractivity (Wildman–Crippen MR) is 127 cm³/mol. The molecule has 1 unspecified atom stereocenters. The van der Waals surface area contributed by atoms with Gasteiger partial charge in [0.2, 0.25) is 0 Å². The van der Waals surface area contributed by atoms with Gasteiger partial charge >= 0.3 is 0 Å². The topological polar surface area (TPSA) is 0 Å². The van der Waals surface area contributed by atoms with Crippen LogP contribution in [-0.4, -0.2) is 0 Å². The minimum atomic E-state index is 0.282. The van der Waals surface area contributed by atoms with Crippen LogP contribution in [0.1, 0.15) is 28.2 Å². The third-order valence-corrected chi connectivity index (χ3v) is 6.41. The summed E-state index contributed by atoms with van der Waals surface area (Å²) in [6, 6.07) is 40.0. The maximum Gasteiger partial charge on any atom is 0.0352 e. The number of hydrogen-bond donors (Lipinski definition) is 0. The molecule has 1 atom stereocenters. The van der Waals surface area contributed by atoms with Crippen molar-refractivity contribution in [1.82, 2.24) is 0 Å². The van der Waals surface area contributed by atoms with E-state index in [-0.39, 0.29) is 5.92 Å². The Balaban J connectivity index is 1.55. The maximum atomic E-state index is 2.36. The molecule has 1 aliphatic carbocycles. The molecule has 0 spiro atoms. The molecular weight excluding hydrogens is 360 g/mol. The molecule has 0 aliphatic heterocycles. The average molecular weight is 383 g/mol. The standard InChI is InChI=1S/C30H22/c1-20-11-17-26-28(19-20)30-25-10-6-5-9-23(25)16-18-27(30)29(26)24-14-12-22(13-15-24)21-7-3-2-4-8-21/h2-19,29H,1H3. The summed E-state index contributed by atoms with van der Waals surface area (Å²) in [5.41, 5.74) is 10.8. The molecule has 0 fully saturated rings. The highest BCUT2D eigenvalue weighted by Gasteiger charge is 2.31. The van der Waals surface area contributed by atoms with E-state index in [2.05, 4.69) is 116 Å². The first kappa shape index (κ1) is 17.2. The Bertz CT molecular complexity index is 1380. The van der Waals surface area contributed by atoms with Gasteiger partial charge in [-0.05, 0) is 56.6 Å². The van der Waals surface area contributed by atoms with E-state index in [1.54, 1.807) is 0 Å². The number of fused-ring (bicyclic) bond motifs is 5. The van der Waals surface area contributed by atoms with E-state index in [0.717, 1.165) is 0 Å². The third-order valence-electron chi connectivity index (χ3n) is 6.41. The molecule has 0 radical (unpaired) electrons. The van der Waals surface area contributed by atoms with Crippen molar-refractivity contribution in [2.24, 2.45) is 0 Å². The van der Waals surface area contributed by atoms with Gasteiger partial charge in [-0.3, -0.25) is 0 Å². The van der Waals surface area contributed by atoms with Crippen LogP contribution >= 0.6 is 0 Å². The summed E-state index contributed by atoms with van der Waals surface area (Å²) in [5.74, 6) is 0.282. The number of hydrogen-bond acceptors (Lipinski definition) is 0. The Labute approximate surface area is 177 Å². The van der Waals surface area contributed by atoms with Crippen molar-refractivity contribution in [3.05, 3.63) is 131 Å². The van der Waals surface area contributed by atoms with Gasteiger partial charge in [-0.25, -0.2) is 0 Å². The molecule has 0 heterocycles. The number of aryl methyl sites for hydroxylation is 1. The van der Waals surface area contributed by atoms with Crippen molar-refractivity contribution < 1.29 is 0 Å². The minimum absolute atomic E-state index is 0.282. The normalized spacial score (nSPS) is 14.5. The van der Waals surface area contributed by atoms with E-state index in [0.29, 0.717) is 0 Å². The van der Waals surface area contributed by atoms with Gasteiger partial charge in [0.1, 0.15) is 0 Å². The Morgan fingerprint density at radius 2 is 1.27 bits per heavy atom. The summed E-state index contributed by atoms with van der Waals surface area (Å²) in [5, 5.41) is 2.66. The lowest BCUT2D eigenvalue weighted by molar-refractivity contribution is 1.02. The second-order valence-electron chi connectivity index (χ2n) is 8.26. The highest BCUT2D eigenvalue weighted by Crippen LogP contribution is 2.51. The molecular formula is C30H22. The SMILES string of the molecule is Cc1ccc2c(c1)-c1c(ccc3ccccc13)C2c1ccc(-c2ccccc2)cc1. The molecule has 6 rings (SSSR count). The van der Waals surface area contributed by atoms with E-state index in [1.165, 1.54) is 55.3 Å². The zero-order valence-corrected chi connectivity index (χ0v) is 17.0. The van der Waals surface area contributed by atoms with Crippen LogP contribution in [0.3, 0.4) is 0 Å². The highest BCUT2D eigenvalue weighted by molar-refractivity contribution is 6.02. The second kappa shape index (κ2) is 6.71. The Morgan fingerprint density at radius 1 is 0.567 bits per heavy atom. The van der Waals surface area contributed by atoms with E-state index in [9.17, 15) is 0 Å². The van der Waals surface area contributed by atoms with Gasteiger partial charge in [0.25, 0.3) is 0 Å². The lowest BCUT2D eigenvalue weighted by atomic mass is 9.87. The summed E-state index contributed by atoms with van der Waals surface area (Å²) in [6.45, 7) is 2.19. The Morgan fingerprint density at radius 3 is 2.10 bits per heavy atom. The smallest absolute Gasteiger partial charge is 0.0352 e. The molecule has 0 saturated carbocycles. The number of rotatable bonds is 2. The van der Waals surface area contributed by atoms with Crippen LogP contribution in [0, 0.1) is 6.92 Å². The van der Waals surface area contributed by atoms with Crippen LogP contribution in [0.15, 0.2) is 109 Å². The summed E-state index contributed by atoms with van der Waals surface area (Å²) in [7, 11) is 0. The predicted octanol–water partition coefficient (Wildman–Crippen LogP) is 7.98. The van der Waals surface area contributed by atoms with E-state index < -0.39 is 0 Å². The Hall–Kier alpha value is -3.64. The number of benzene rings is 5. The van der Waals surface area contributed by atoms with Crippen LogP contribution in [-0.2, 0) is 0 Å². The lowest BCUT2D eigenvalue weighted by Crippen LogP contribution is -1.99. The van der Waals surface area contributed by atoms with Gasteiger partial charge in [0.15, 0.2) is 0 Å². The zero-order chi connectivity index (χ0) is 20.1. The van der Waals surface area contributed by atoms with Gasteiger partial charge < -0.3 is 0 Å². The van der Waals surface area contributed by atoms with Gasteiger partial charge in [-0.2, -0.15) is 0 Å². The van der Waals surface area contributed by atoms with Crippen molar-refractivity contribution in [2.45, 2.75) is 12.8 Å². The summed E-state index contributed by atoms with van der Waals surface area (Å²) in [4.78, 5) is 0. The highest BCUT2D eigenvalue weighted by atomic mass is 14.3. The molecule has 5 aromatic rings. The van der Waals surface area contributed by atoms with Crippen molar-refractivity contribution in [3.63, 3.8) is 0 Å². The van der Waals surface area contributed by atoms with Gasteiger partial charge in [0.05, 0.1) is 0 Å². The zero-order valence-electron chi connectivity index (χ0n) is 17.0. The van der Waals surface area contributed by atoms with Gasteiger partial charge in [-0.1, -0.05) is 115 Å². The first-order valence-corrected chi connectivity index (χ1v) is 10.6. The molecule has 0 heteroatoms. The van der Waals surface area contributed by atoms with Crippen LogP contribution in [0.2, 0.25) is 0 Å². The molecule has 0 aromatic heterocycles. The van der Waals surface area contributed by atoms with Crippen LogP contribution in [0.5, 0.6) is 0 Å². The van der Waals surface area contributed by atoms with E-state index in [1.807, 2.05) is 0 Å². The fourth-order valence-electron chi connectivity index (χ4n) is 4.99. The average Bonchev–Trinajstić information content (AvgIpc) is 3.13. The quantitative estimate of drug-likeness (QED) is 0.285. The molecule has 142 valence electrons. The molecule has 1 aliphatic rings. The van der Waals surface area contributed by atoms with Crippen LogP contribution < -0.4 is 0 Å². The molecule has 0 bridgehead atoms. The molecule has 30 heavy (non-hydrogen) atoms. The molecule has 0 N–H and O–H groups in total. The van der Waals surface area contributed by atoms with Crippen LogP contribution in [0.4, 0.5) is 0 Å². The van der Waals surface area contributed by atoms with Crippen molar-refractivity contribution in [3.8, 4) is 22.3 Å². The van der Waals surface area contributed by atoms with E-state index in [4.69, 9.17) is 0 Å². The molecule has 0 nitrogen and oxygen atoms in total. The molecule has 0 saturated heterocycles. The molecule has 5 aromatic carbocycles. The second-order valence-corrected chi connectivity index (χ2v) is 8.26. The van der Waals surface area contributed by atoms with Crippen molar-refractivity contribution in [2.75, 3.05) is 0 Å². The summed E-state index contributed by atoms with van der Waals surface area (Å²) >= 11 is 0. The van der Waals surface area contributed by atoms with Gasteiger partial charge in [0, 0.05) is 5.92 Å². The Kier molecular flexibility index (Phi) is 3.86. The fraction of sp³-hybridized carbons (Fsp3) is 0.0667. The monoisotopic (exact) mass is 382 g/mol. The van der Waals surface area contributed by atoms with Crippen LogP contribution in [0.25, 0.3) is 33.0 Å². The van der Waals surface area contributed by atoms with Crippen molar-refractivity contribution in [1.29, 1.82) is 0 Å². The first-order chi connectivity index (χ1) is 14.8. The van der Waals surface area contributed by atoms with Gasteiger partial charge in [-0.15, -0.1) is 0 Å². The molecule has 0 amide bonds. The minimum Gasteiger partial charge on any atom is -0.0622 e. The summed E-state index contributed by atoms with van der Waals surface area (Å²) in [6.07, 6.45) is 0. The lowest BCUT2D eigenvalue weighted by Gasteiger charge is -2.15. The third kappa shape index (κ3) is 2.61. The fourth-order valence-corrected chi connectivity index (χ4v) is 4.99. The van der Waals surface area contributed by atoms with Crippen molar-refractivity contribution >= 4 is 10.8 Å². The summed E-state index contributed by atoms with van der Waals surface area (Å²) < 4.78 is 0.